The van der Waals surface area contributed by atoms with Gasteiger partial charge in [-0.25, -0.2) is 0 Å². The molecule has 1 aromatic rings. The largest absolute Gasteiger partial charge is 0.171 e. The molecule has 46 valence electrons. The van der Waals surface area contributed by atoms with Gasteiger partial charge in [0.1, 0.15) is 0 Å². The number of aromatic nitrogens is 4. The van der Waals surface area contributed by atoms with E-state index >= 15 is 0 Å². The van der Waals surface area contributed by atoms with E-state index < -0.39 is 0 Å². The summed E-state index contributed by atoms with van der Waals surface area (Å²) in [6.45, 7) is 1.80. The summed E-state index contributed by atoms with van der Waals surface area (Å²) in [7, 11) is 1.74. The summed E-state index contributed by atoms with van der Waals surface area (Å²) in [5, 5.41) is 11.0. The van der Waals surface area contributed by atoms with Crippen molar-refractivity contribution >= 4 is 17.0 Å². The lowest BCUT2D eigenvalue weighted by atomic mass is 10.8. The average Bonchev–Trinajstić information content (AvgIpc) is 1.87. The summed E-state index contributed by atoms with van der Waals surface area (Å²) in [4.78, 5) is 1.43. The summed E-state index contributed by atoms with van der Waals surface area (Å²) in [6, 6.07) is 0. The van der Waals surface area contributed by atoms with Crippen LogP contribution in [0.3, 0.4) is 0 Å². The van der Waals surface area contributed by atoms with Gasteiger partial charge < -0.3 is 0 Å². The van der Waals surface area contributed by atoms with E-state index in [4.69, 9.17) is 0 Å². The van der Waals surface area contributed by atoms with Gasteiger partial charge in [-0.05, 0) is 12.1 Å². The Bertz CT molecular complexity index is 144. The van der Waals surface area contributed by atoms with Crippen LogP contribution in [0.5, 0.6) is 0 Å². The van der Waals surface area contributed by atoms with Gasteiger partial charge in [0.15, 0.2) is 5.82 Å². The third kappa shape index (κ3) is 1.57. The van der Waals surface area contributed by atoms with Crippen LogP contribution in [0.15, 0.2) is 0 Å². The summed E-state index contributed by atoms with van der Waals surface area (Å²) in [6.07, 6.45) is 0. The summed E-state index contributed by atoms with van der Waals surface area (Å²) < 4.78 is 0. The van der Waals surface area contributed by atoms with Crippen molar-refractivity contribution in [1.82, 2.24) is 20.2 Å². The van der Waals surface area contributed by atoms with Crippen LogP contribution < -0.4 is 0 Å². The lowest BCUT2D eigenvalue weighted by Gasteiger charge is -1.73. The molecule has 0 saturated carbocycles. The second-order valence-electron chi connectivity index (χ2n) is 1.33. The summed E-state index contributed by atoms with van der Waals surface area (Å²) in [5.74, 6) is 0.711. The summed E-state index contributed by atoms with van der Waals surface area (Å²) >= 11 is 0. The number of tetrazole rings is 1. The fourth-order valence-corrected chi connectivity index (χ4v) is 0.379. The monoisotopic (exact) mass is 178 g/mol. The van der Waals surface area contributed by atoms with Gasteiger partial charge in [0.05, 0.1) is 7.05 Å². The molecule has 0 amide bonds. The van der Waals surface area contributed by atoms with Gasteiger partial charge >= 0.3 is 0 Å². The number of hydrogen-bond donors (Lipinski definition) is 0. The zero-order valence-corrected chi connectivity index (χ0v) is 6.41. The highest BCUT2D eigenvalue weighted by atomic mass is 79.9. The first-order chi connectivity index (χ1) is 3.29. The molecular weight excluding hydrogens is 172 g/mol. The molecule has 4 nitrogen and oxygen atoms in total. The van der Waals surface area contributed by atoms with Gasteiger partial charge in [-0.2, -0.15) is 4.80 Å². The Balaban J connectivity index is 0.000000490. The lowest BCUT2D eigenvalue weighted by Crippen LogP contribution is -1.91. The molecule has 0 spiro atoms. The molecule has 1 heterocycles. The van der Waals surface area contributed by atoms with Gasteiger partial charge in [-0.15, -0.1) is 27.2 Å². The van der Waals surface area contributed by atoms with Crippen LogP contribution in [0.1, 0.15) is 5.82 Å². The van der Waals surface area contributed by atoms with Crippen molar-refractivity contribution in [1.29, 1.82) is 0 Å². The SMILES string of the molecule is Br.Cc1nnn(C)n1. The molecule has 5 heteroatoms. The first-order valence-corrected chi connectivity index (χ1v) is 1.99. The van der Waals surface area contributed by atoms with Crippen LogP contribution >= 0.6 is 17.0 Å². The lowest BCUT2D eigenvalue weighted by molar-refractivity contribution is 0.629. The van der Waals surface area contributed by atoms with Gasteiger partial charge in [0.25, 0.3) is 0 Å². The normalized spacial score (nSPS) is 8.25. The van der Waals surface area contributed by atoms with E-state index in [2.05, 4.69) is 15.4 Å². The van der Waals surface area contributed by atoms with E-state index in [0.717, 1.165) is 0 Å². The maximum Gasteiger partial charge on any atom is 0.171 e. The van der Waals surface area contributed by atoms with Crippen LogP contribution in [0.25, 0.3) is 0 Å². The first kappa shape index (κ1) is 7.55. The maximum absolute atomic E-state index is 3.81. The topological polar surface area (TPSA) is 43.6 Å². The highest BCUT2D eigenvalue weighted by Crippen LogP contribution is 1.74. The molecule has 0 aliphatic carbocycles. The van der Waals surface area contributed by atoms with Crippen LogP contribution in [-0.2, 0) is 7.05 Å². The Hall–Kier alpha value is -0.450. The number of aryl methyl sites for hydroxylation is 2. The fourth-order valence-electron chi connectivity index (χ4n) is 0.379. The van der Waals surface area contributed by atoms with Crippen molar-refractivity contribution in [3.8, 4) is 0 Å². The molecule has 0 atom stereocenters. The quantitative estimate of drug-likeness (QED) is 0.567. The maximum atomic E-state index is 3.81. The second kappa shape index (κ2) is 2.76. The van der Waals surface area contributed by atoms with Gasteiger partial charge in [-0.3, -0.25) is 0 Å². The van der Waals surface area contributed by atoms with Crippen LogP contribution in [-0.4, -0.2) is 20.2 Å². The minimum Gasteiger partial charge on any atom is -0.167 e. The van der Waals surface area contributed by atoms with Crippen molar-refractivity contribution in [3.63, 3.8) is 0 Å². The first-order valence-electron chi connectivity index (χ1n) is 1.99. The Morgan fingerprint density at radius 1 is 1.50 bits per heavy atom. The molecule has 0 N–H and O–H groups in total. The minimum absolute atomic E-state index is 0. The Kier molecular flexibility index (Phi) is 2.60. The van der Waals surface area contributed by atoms with Gasteiger partial charge in [0, 0.05) is 0 Å². The molecule has 0 aromatic carbocycles. The number of hydrogen-bond acceptors (Lipinski definition) is 3. The van der Waals surface area contributed by atoms with E-state index in [9.17, 15) is 0 Å². The third-order valence-electron chi connectivity index (χ3n) is 0.608. The molecule has 8 heavy (non-hydrogen) atoms. The van der Waals surface area contributed by atoms with E-state index in [0.29, 0.717) is 5.82 Å². The molecule has 0 aliphatic rings. The van der Waals surface area contributed by atoms with Gasteiger partial charge in [0.2, 0.25) is 0 Å². The van der Waals surface area contributed by atoms with Crippen molar-refractivity contribution < 1.29 is 0 Å². The fraction of sp³-hybridized carbons (Fsp3) is 0.667. The minimum atomic E-state index is 0. The van der Waals surface area contributed by atoms with Gasteiger partial charge in [-0.1, -0.05) is 0 Å². The molecule has 0 aliphatic heterocycles. The average molecular weight is 179 g/mol. The smallest absolute Gasteiger partial charge is 0.167 e. The van der Waals surface area contributed by atoms with E-state index in [1.807, 2.05) is 0 Å². The highest BCUT2D eigenvalue weighted by Gasteiger charge is 1.85. The number of halogens is 1. The predicted molar refractivity (Wildman–Crippen MR) is 33.9 cm³/mol. The molecule has 0 fully saturated rings. The molecule has 0 radical (unpaired) electrons. The molecule has 0 bridgehead atoms. The van der Waals surface area contributed by atoms with Crippen molar-refractivity contribution in [3.05, 3.63) is 5.82 Å². The number of rotatable bonds is 0. The Labute approximate surface area is 57.7 Å². The molecule has 0 saturated heterocycles. The van der Waals surface area contributed by atoms with E-state index in [1.165, 1.54) is 4.80 Å². The Morgan fingerprint density at radius 2 is 2.12 bits per heavy atom. The van der Waals surface area contributed by atoms with Crippen LogP contribution in [0.4, 0.5) is 0 Å². The van der Waals surface area contributed by atoms with E-state index in [1.54, 1.807) is 14.0 Å². The zero-order valence-electron chi connectivity index (χ0n) is 4.70. The second-order valence-corrected chi connectivity index (χ2v) is 1.33. The van der Waals surface area contributed by atoms with Crippen molar-refractivity contribution in [2.75, 3.05) is 0 Å². The third-order valence-corrected chi connectivity index (χ3v) is 0.608. The molecule has 1 aromatic heterocycles. The van der Waals surface area contributed by atoms with Crippen molar-refractivity contribution in [2.45, 2.75) is 6.92 Å². The van der Waals surface area contributed by atoms with Crippen LogP contribution in [0, 0.1) is 6.92 Å². The molecular formula is C3H7BrN4. The summed E-state index contributed by atoms with van der Waals surface area (Å²) in [5.41, 5.74) is 0. The van der Waals surface area contributed by atoms with E-state index in [-0.39, 0.29) is 17.0 Å². The van der Waals surface area contributed by atoms with Crippen LogP contribution in [0.2, 0.25) is 0 Å². The highest BCUT2D eigenvalue weighted by molar-refractivity contribution is 8.93. The standard InChI is InChI=1S/C3H6N4.BrH/c1-3-4-6-7(2)5-3;/h1-2H3;1H. The zero-order chi connectivity index (χ0) is 5.28. The molecule has 0 unspecified atom stereocenters. The predicted octanol–water partition coefficient (Wildman–Crippen LogP) is 0.0964. The molecule has 1 rings (SSSR count). The Morgan fingerprint density at radius 3 is 2.25 bits per heavy atom. The number of nitrogens with zero attached hydrogens (tertiary/aromatic N) is 4. The van der Waals surface area contributed by atoms with Crippen molar-refractivity contribution in [2.24, 2.45) is 7.05 Å².